The van der Waals surface area contributed by atoms with Gasteiger partial charge in [-0.2, -0.15) is 0 Å². The van der Waals surface area contributed by atoms with Crippen molar-refractivity contribution in [1.82, 2.24) is 5.32 Å². The second-order valence-electron chi connectivity index (χ2n) is 20.3. The van der Waals surface area contributed by atoms with Gasteiger partial charge in [0, 0.05) is 6.42 Å². The fraction of sp³-hybridized carbons (Fsp3) is 0.694. The van der Waals surface area contributed by atoms with Crippen LogP contribution in [0, 0.1) is 0 Å². The molecule has 2 N–H and O–H groups in total. The van der Waals surface area contributed by atoms with Crippen molar-refractivity contribution >= 4 is 13.7 Å². The average Bonchev–Trinajstić information content (AvgIpc) is 3.33. The molecule has 0 aromatic rings. The summed E-state index contributed by atoms with van der Waals surface area (Å²) in [6.07, 6.45) is 76.2. The van der Waals surface area contributed by atoms with E-state index in [0.29, 0.717) is 17.4 Å². The molecule has 0 bridgehead atoms. The Morgan fingerprint density at radius 3 is 1.31 bits per heavy atom. The van der Waals surface area contributed by atoms with Crippen molar-refractivity contribution in [1.29, 1.82) is 0 Å². The molecule has 0 rings (SSSR count). The van der Waals surface area contributed by atoms with Crippen LogP contribution >= 0.6 is 7.82 Å². The molecule has 0 heterocycles. The van der Waals surface area contributed by atoms with Crippen LogP contribution in [0.3, 0.4) is 0 Å². The molecule has 0 aromatic heterocycles. The molecule has 9 heteroatoms. The summed E-state index contributed by atoms with van der Waals surface area (Å²) >= 11 is 0. The number of phosphoric acid groups is 1. The maximum absolute atomic E-state index is 12.9. The first-order chi connectivity index (χ1) is 34.5. The minimum atomic E-state index is -4.60. The molecule has 0 aliphatic heterocycles. The number of quaternary nitrogens is 1. The van der Waals surface area contributed by atoms with Crippen molar-refractivity contribution in [3.63, 3.8) is 0 Å². The summed E-state index contributed by atoms with van der Waals surface area (Å²) in [4.78, 5) is 25.4. The Kier molecular flexibility index (Phi) is 50.0. The van der Waals surface area contributed by atoms with Crippen molar-refractivity contribution in [2.24, 2.45) is 0 Å². The Balaban J connectivity index is 3.95. The van der Waals surface area contributed by atoms with E-state index in [0.717, 1.165) is 83.5 Å². The minimum Gasteiger partial charge on any atom is -0.756 e. The summed E-state index contributed by atoms with van der Waals surface area (Å²) in [5.74, 6) is -0.212. The van der Waals surface area contributed by atoms with Crippen LogP contribution in [0.2, 0.25) is 0 Å². The number of carbonyl (C=O) groups is 1. The fourth-order valence-corrected chi connectivity index (χ4v) is 8.46. The number of rotatable bonds is 51. The molecule has 1 amide bonds. The van der Waals surface area contributed by atoms with Crippen molar-refractivity contribution < 1.29 is 32.9 Å². The maximum atomic E-state index is 12.9. The number of allylic oxidation sites excluding steroid dienone is 17. The number of hydrogen-bond acceptors (Lipinski definition) is 6. The number of amides is 1. The van der Waals surface area contributed by atoms with Crippen LogP contribution in [0.5, 0.6) is 0 Å². The van der Waals surface area contributed by atoms with Gasteiger partial charge in [0.25, 0.3) is 7.82 Å². The third kappa shape index (κ3) is 54.8. The molecule has 0 radical (unpaired) electrons. The van der Waals surface area contributed by atoms with Gasteiger partial charge in [0.15, 0.2) is 0 Å². The van der Waals surface area contributed by atoms with Crippen LogP contribution < -0.4 is 10.2 Å². The molecule has 408 valence electrons. The van der Waals surface area contributed by atoms with Crippen LogP contribution in [0.1, 0.15) is 226 Å². The molecule has 0 aliphatic carbocycles. The second kappa shape index (κ2) is 52.0. The standard InChI is InChI=1S/C62H109N2O6P/c1-6-8-10-12-14-16-18-19-20-21-22-23-24-25-26-27-28-29-30-31-32-33-34-35-36-37-38-39-40-41-42-43-44-45-46-48-50-52-54-56-62(66)63-60(59-70-71(67,68)69-58-57-64(3,4)5)61(65)55-53-51-49-47-17-15-13-11-9-7-2/h8,10,14,16-17,19-20,22-23,25-26,28-29,31-32,47,53,55,60-61,65H,6-7,9,11-13,15,18,21,24,27,30,33-46,48-52,54,56-59H2,1-5H3,(H-,63,66,67,68)/b10-8-,16-14-,20-19-,23-22-,26-25-,29-28-,32-31-,47-17+,55-53+. The number of hydrogen-bond donors (Lipinski definition) is 2. The number of aliphatic hydroxyl groups excluding tert-OH is 1. The van der Waals surface area contributed by atoms with E-state index in [-0.39, 0.29) is 12.5 Å². The zero-order valence-corrected chi connectivity index (χ0v) is 47.3. The Hall–Kier alpha value is -2.84. The second-order valence-corrected chi connectivity index (χ2v) is 21.7. The Bertz CT molecular complexity index is 1520. The molecule has 0 fully saturated rings. The zero-order valence-electron chi connectivity index (χ0n) is 46.4. The number of unbranched alkanes of at least 4 members (excludes halogenated alkanes) is 22. The lowest BCUT2D eigenvalue weighted by Crippen LogP contribution is -2.45. The number of nitrogens with zero attached hydrogens (tertiary/aromatic N) is 1. The average molecular weight is 1010 g/mol. The lowest BCUT2D eigenvalue weighted by molar-refractivity contribution is -0.870. The van der Waals surface area contributed by atoms with Gasteiger partial charge < -0.3 is 28.8 Å². The first kappa shape index (κ1) is 68.2. The Labute approximate surface area is 438 Å². The third-order valence-electron chi connectivity index (χ3n) is 12.2. The minimum absolute atomic E-state index is 0.00969. The van der Waals surface area contributed by atoms with Crippen molar-refractivity contribution in [3.05, 3.63) is 109 Å². The molecule has 8 nitrogen and oxygen atoms in total. The molecule has 3 unspecified atom stereocenters. The molecular formula is C62H109N2O6P. The van der Waals surface area contributed by atoms with Crippen molar-refractivity contribution in [2.75, 3.05) is 40.9 Å². The molecule has 71 heavy (non-hydrogen) atoms. The Morgan fingerprint density at radius 1 is 0.507 bits per heavy atom. The fourth-order valence-electron chi connectivity index (χ4n) is 7.74. The van der Waals surface area contributed by atoms with Gasteiger partial charge in [-0.25, -0.2) is 0 Å². The highest BCUT2D eigenvalue weighted by molar-refractivity contribution is 7.45. The van der Waals surface area contributed by atoms with E-state index in [1.165, 1.54) is 122 Å². The van der Waals surface area contributed by atoms with Gasteiger partial charge in [0.2, 0.25) is 5.91 Å². The number of nitrogens with one attached hydrogen (secondary N) is 1. The molecular weight excluding hydrogens is 900 g/mol. The van der Waals surface area contributed by atoms with Crippen LogP contribution in [0.4, 0.5) is 0 Å². The summed E-state index contributed by atoms with van der Waals surface area (Å²) in [5, 5.41) is 13.8. The summed E-state index contributed by atoms with van der Waals surface area (Å²) in [5.41, 5.74) is 0. The van der Waals surface area contributed by atoms with Crippen LogP contribution in [0.25, 0.3) is 0 Å². The highest BCUT2D eigenvalue weighted by Gasteiger charge is 2.23. The van der Waals surface area contributed by atoms with Gasteiger partial charge in [0.05, 0.1) is 39.9 Å². The predicted octanol–water partition coefficient (Wildman–Crippen LogP) is 17.0. The highest BCUT2D eigenvalue weighted by Crippen LogP contribution is 2.38. The van der Waals surface area contributed by atoms with E-state index in [9.17, 15) is 19.4 Å². The topological polar surface area (TPSA) is 108 Å². The monoisotopic (exact) mass is 1010 g/mol. The smallest absolute Gasteiger partial charge is 0.268 e. The quantitative estimate of drug-likeness (QED) is 0.0272. The van der Waals surface area contributed by atoms with Gasteiger partial charge in [0.1, 0.15) is 13.2 Å². The molecule has 0 spiro atoms. The molecule has 0 aromatic carbocycles. The largest absolute Gasteiger partial charge is 0.756 e. The number of phosphoric ester groups is 1. The third-order valence-corrected chi connectivity index (χ3v) is 13.2. The van der Waals surface area contributed by atoms with Crippen LogP contribution in [-0.4, -0.2) is 68.5 Å². The van der Waals surface area contributed by atoms with Crippen LogP contribution in [-0.2, 0) is 18.4 Å². The van der Waals surface area contributed by atoms with E-state index in [2.05, 4.69) is 116 Å². The summed E-state index contributed by atoms with van der Waals surface area (Å²) in [6, 6.07) is -0.906. The van der Waals surface area contributed by atoms with E-state index < -0.39 is 26.6 Å². The van der Waals surface area contributed by atoms with Gasteiger partial charge in [-0.05, 0) is 89.9 Å². The number of aliphatic hydroxyl groups is 1. The molecule has 3 atom stereocenters. The zero-order chi connectivity index (χ0) is 52.0. The molecule has 0 saturated heterocycles. The van der Waals surface area contributed by atoms with E-state index in [4.69, 9.17) is 9.05 Å². The van der Waals surface area contributed by atoms with E-state index >= 15 is 0 Å². The highest BCUT2D eigenvalue weighted by atomic mass is 31.2. The van der Waals surface area contributed by atoms with Gasteiger partial charge >= 0.3 is 0 Å². The predicted molar refractivity (Wildman–Crippen MR) is 306 cm³/mol. The SMILES string of the molecule is CC/C=C\C/C=C\C/C=C\C/C=C\C/C=C\C/C=C\C/C=C\CCCCCCCCCCCCCCCCCCCC(=O)NC(COP(=O)([O-])OCC[N+](C)(C)C)C(O)/C=C/CC/C=C/CCCCCC. The number of likely N-dealkylation sites (N-methyl/N-ethyl adjacent to an activating group) is 1. The van der Waals surface area contributed by atoms with Crippen molar-refractivity contribution in [3.8, 4) is 0 Å². The first-order valence-electron chi connectivity index (χ1n) is 28.7. The summed E-state index contributed by atoms with van der Waals surface area (Å²) in [6.45, 7) is 4.46. The van der Waals surface area contributed by atoms with E-state index in [1.807, 2.05) is 27.2 Å². The van der Waals surface area contributed by atoms with E-state index in [1.54, 1.807) is 6.08 Å². The van der Waals surface area contributed by atoms with Gasteiger partial charge in [-0.1, -0.05) is 239 Å². The first-order valence-corrected chi connectivity index (χ1v) is 30.2. The molecule has 0 saturated carbocycles. The molecule has 0 aliphatic rings. The van der Waals surface area contributed by atoms with Crippen LogP contribution in [0.15, 0.2) is 109 Å². The summed E-state index contributed by atoms with van der Waals surface area (Å²) < 4.78 is 23.2. The van der Waals surface area contributed by atoms with Gasteiger partial charge in [-0.3, -0.25) is 9.36 Å². The number of carbonyl (C=O) groups excluding carboxylic acids is 1. The lowest BCUT2D eigenvalue weighted by Gasteiger charge is -2.29. The Morgan fingerprint density at radius 2 is 0.873 bits per heavy atom. The normalized spacial score (nSPS) is 14.7. The lowest BCUT2D eigenvalue weighted by atomic mass is 10.0. The maximum Gasteiger partial charge on any atom is 0.268 e. The summed E-state index contributed by atoms with van der Waals surface area (Å²) in [7, 11) is 1.23. The van der Waals surface area contributed by atoms with Crippen molar-refractivity contribution in [2.45, 2.75) is 238 Å². The van der Waals surface area contributed by atoms with Gasteiger partial charge in [-0.15, -0.1) is 0 Å².